The highest BCUT2D eigenvalue weighted by Gasteiger charge is 2.74. The van der Waals surface area contributed by atoms with Crippen LogP contribution in [-0.2, 0) is 77.8 Å². The molecule has 0 aliphatic heterocycles. The summed E-state index contributed by atoms with van der Waals surface area (Å²) >= 11 is 0. The average molecular weight is 725 g/mol. The lowest BCUT2D eigenvalue weighted by Crippen LogP contribution is -2.47. The third-order valence-corrected chi connectivity index (χ3v) is 15.1. The molecule has 0 saturated heterocycles. The summed E-state index contributed by atoms with van der Waals surface area (Å²) in [7, 11) is 3.67. The topological polar surface area (TPSA) is 141 Å². The molecule has 278 valence electrons. The maximum absolute atomic E-state index is 13.9. The molecule has 0 amide bonds. The molecular formula is C39H52O11Si. The summed E-state index contributed by atoms with van der Waals surface area (Å²) < 4.78 is 32.5. The van der Waals surface area contributed by atoms with Crippen molar-refractivity contribution in [2.75, 3.05) is 35.5 Å². The van der Waals surface area contributed by atoms with Gasteiger partial charge in [0.15, 0.2) is 19.7 Å². The Kier molecular flexibility index (Phi) is 12.9. The van der Waals surface area contributed by atoms with Crippen molar-refractivity contribution in [3.8, 4) is 0 Å². The molecule has 2 unspecified atom stereocenters. The van der Waals surface area contributed by atoms with E-state index >= 15 is 0 Å². The second-order valence-corrected chi connectivity index (χ2v) is 19.4. The van der Waals surface area contributed by atoms with E-state index in [1.54, 1.807) is 42.5 Å². The van der Waals surface area contributed by atoms with E-state index in [1.165, 1.54) is 35.5 Å². The van der Waals surface area contributed by atoms with Crippen molar-refractivity contribution in [3.63, 3.8) is 0 Å². The quantitative estimate of drug-likeness (QED) is 0.0727. The van der Waals surface area contributed by atoms with Gasteiger partial charge in [-0.05, 0) is 72.5 Å². The average Bonchev–Trinajstić information content (AvgIpc) is 3.75. The Bertz CT molecular complexity index is 1610. The summed E-state index contributed by atoms with van der Waals surface area (Å²) in [4.78, 5) is 66.6. The van der Waals surface area contributed by atoms with Gasteiger partial charge in [0.05, 0.1) is 41.2 Å². The molecule has 1 aliphatic rings. The van der Waals surface area contributed by atoms with E-state index < -0.39 is 60.5 Å². The van der Waals surface area contributed by atoms with Crippen molar-refractivity contribution in [2.24, 2.45) is 16.7 Å². The largest absolute Gasteiger partial charge is 0.468 e. The Balaban J connectivity index is 2.15. The molecule has 51 heavy (non-hydrogen) atoms. The van der Waals surface area contributed by atoms with Crippen LogP contribution in [0, 0.1) is 16.7 Å². The molecule has 2 aromatic carbocycles. The number of esters is 5. The van der Waals surface area contributed by atoms with Gasteiger partial charge in [-0.2, -0.15) is 0 Å². The van der Waals surface area contributed by atoms with E-state index in [0.717, 1.165) is 0 Å². The number of hydrogen-bond acceptors (Lipinski definition) is 11. The van der Waals surface area contributed by atoms with Crippen LogP contribution in [0.25, 0.3) is 0 Å². The maximum Gasteiger partial charge on any atom is 0.323 e. The van der Waals surface area contributed by atoms with Crippen LogP contribution >= 0.6 is 0 Å². The predicted molar refractivity (Wildman–Crippen MR) is 192 cm³/mol. The fourth-order valence-electron chi connectivity index (χ4n) is 6.58. The first-order chi connectivity index (χ1) is 23.9. The van der Waals surface area contributed by atoms with Gasteiger partial charge < -0.3 is 28.1 Å². The van der Waals surface area contributed by atoms with Crippen LogP contribution in [0.5, 0.6) is 0 Å². The molecule has 12 heteroatoms. The van der Waals surface area contributed by atoms with Crippen molar-refractivity contribution in [1.82, 2.24) is 0 Å². The minimum Gasteiger partial charge on any atom is -0.468 e. The zero-order valence-electron chi connectivity index (χ0n) is 31.5. The number of methoxy groups -OCH3 is 5. The molecule has 0 radical (unpaired) electrons. The fourth-order valence-corrected chi connectivity index (χ4v) is 8.15. The van der Waals surface area contributed by atoms with Crippen molar-refractivity contribution < 1.29 is 52.1 Å². The molecule has 1 fully saturated rings. The van der Waals surface area contributed by atoms with Crippen LogP contribution in [0.2, 0.25) is 18.1 Å². The molecule has 0 aromatic heterocycles. The van der Waals surface area contributed by atoms with Crippen molar-refractivity contribution in [3.05, 3.63) is 83.4 Å². The normalized spacial score (nSPS) is 18.7. The Morgan fingerprint density at radius 3 is 1.61 bits per heavy atom. The zero-order chi connectivity index (χ0) is 38.4. The highest BCUT2D eigenvalue weighted by Crippen LogP contribution is 2.64. The van der Waals surface area contributed by atoms with Crippen molar-refractivity contribution in [2.45, 2.75) is 76.6 Å². The zero-order valence-corrected chi connectivity index (χ0v) is 32.5. The lowest BCUT2D eigenvalue weighted by molar-refractivity contribution is -0.169. The summed E-state index contributed by atoms with van der Waals surface area (Å²) in [5.74, 6) is -4.97. The van der Waals surface area contributed by atoms with E-state index in [4.69, 9.17) is 28.1 Å². The molecule has 3 rings (SSSR count). The number of rotatable bonds is 16. The van der Waals surface area contributed by atoms with E-state index in [2.05, 4.69) is 40.4 Å². The lowest BCUT2D eigenvalue weighted by atomic mass is 9.73. The summed E-state index contributed by atoms with van der Waals surface area (Å²) in [5, 5.41) is -0.143. The Morgan fingerprint density at radius 1 is 0.745 bits per heavy atom. The van der Waals surface area contributed by atoms with Crippen LogP contribution in [-0.4, -0.2) is 79.3 Å². The highest BCUT2D eigenvalue weighted by molar-refractivity contribution is 6.74. The van der Waals surface area contributed by atoms with E-state index in [1.807, 2.05) is 12.1 Å². The minimum atomic E-state index is -2.39. The molecule has 11 nitrogen and oxygen atoms in total. The number of ether oxygens (including phenoxy) is 5. The third kappa shape index (κ3) is 8.12. The molecular weight excluding hydrogens is 673 g/mol. The summed E-state index contributed by atoms with van der Waals surface area (Å²) in [6.07, 6.45) is 1.78. The van der Waals surface area contributed by atoms with Crippen LogP contribution < -0.4 is 0 Å². The first-order valence-corrected chi connectivity index (χ1v) is 19.7. The van der Waals surface area contributed by atoms with Gasteiger partial charge in [0.25, 0.3) is 0 Å². The van der Waals surface area contributed by atoms with Gasteiger partial charge in [-0.25, -0.2) is 0 Å². The van der Waals surface area contributed by atoms with Gasteiger partial charge >= 0.3 is 29.8 Å². The molecule has 0 spiro atoms. The number of hydrogen-bond donors (Lipinski definition) is 0. The molecule has 0 heterocycles. The fraction of sp³-hybridized carbons (Fsp3) is 0.513. The van der Waals surface area contributed by atoms with Crippen molar-refractivity contribution in [1.29, 1.82) is 0 Å². The smallest absolute Gasteiger partial charge is 0.323 e. The Morgan fingerprint density at radius 2 is 1.20 bits per heavy atom. The van der Waals surface area contributed by atoms with E-state index in [0.29, 0.717) is 28.7 Å². The monoisotopic (exact) mass is 724 g/mol. The predicted octanol–water partition coefficient (Wildman–Crippen LogP) is 5.36. The van der Waals surface area contributed by atoms with Gasteiger partial charge in [-0.15, -0.1) is 6.58 Å². The van der Waals surface area contributed by atoms with Gasteiger partial charge in [0, 0.05) is 0 Å². The first-order valence-electron chi connectivity index (χ1n) is 16.8. The van der Waals surface area contributed by atoms with Gasteiger partial charge in [0.1, 0.15) is 5.41 Å². The van der Waals surface area contributed by atoms with Gasteiger partial charge in [-0.1, -0.05) is 75.4 Å². The van der Waals surface area contributed by atoms with Crippen LogP contribution in [0.3, 0.4) is 0 Å². The van der Waals surface area contributed by atoms with Crippen LogP contribution in [0.15, 0.2) is 61.2 Å². The third-order valence-electron chi connectivity index (χ3n) is 10.7. The van der Waals surface area contributed by atoms with Crippen molar-refractivity contribution >= 4 is 38.2 Å². The second kappa shape index (κ2) is 15.9. The number of benzene rings is 2. The lowest BCUT2D eigenvalue weighted by Gasteiger charge is -2.40. The van der Waals surface area contributed by atoms with Gasteiger partial charge in [-0.3, -0.25) is 24.0 Å². The first kappa shape index (κ1) is 41.1. The Labute approximate surface area is 302 Å². The molecule has 0 bridgehead atoms. The van der Waals surface area contributed by atoms with Gasteiger partial charge in [0.2, 0.25) is 0 Å². The van der Waals surface area contributed by atoms with E-state index in [-0.39, 0.29) is 30.7 Å². The second-order valence-electron chi connectivity index (χ2n) is 14.6. The number of carbonyl (C=O) groups is 5. The van der Waals surface area contributed by atoms with Crippen LogP contribution in [0.1, 0.15) is 49.4 Å². The molecule has 2 atom stereocenters. The molecule has 0 N–H and O–H groups in total. The summed E-state index contributed by atoms with van der Waals surface area (Å²) in [6.45, 7) is 14.7. The van der Waals surface area contributed by atoms with E-state index in [9.17, 15) is 24.0 Å². The molecule has 1 saturated carbocycles. The molecule has 1 aliphatic carbocycles. The number of carbonyl (C=O) groups excluding carboxylic acids is 5. The molecule has 2 aromatic rings. The SMILES string of the molecule is C=CC1(O[Si](C)(C)C(C)(C)C)CC1(Cc1ccccc1CC(Cc1ccccc1CC(C(=O)OC)C(=O)OC)(C(=O)OC)C(=O)OC)C(=O)OC. The standard InChI is InChI=1S/C39H52O11Si/c1-12-39(50-51(10,11)36(2,3)4)25-38(39,35(44)49-9)24-29-20-16-15-19-28(29)23-37(33(42)47-7,34(43)48-8)22-27-18-14-13-17-26(27)21-30(31(40)45-5)32(41)46-6/h12-20,30H,1,21-25H2,2-11H3. The van der Waals surface area contributed by atoms with Crippen LogP contribution in [0.4, 0.5) is 0 Å². The Hall–Kier alpha value is -4.29. The minimum absolute atomic E-state index is 0.107. The highest BCUT2D eigenvalue weighted by atomic mass is 28.4. The summed E-state index contributed by atoms with van der Waals surface area (Å²) in [6, 6.07) is 14.1. The maximum atomic E-state index is 13.9. The summed E-state index contributed by atoms with van der Waals surface area (Å²) in [5.41, 5.74) is -1.66.